The Hall–Kier alpha value is -0.940. The number of hydrogen-bond acceptors (Lipinski definition) is 4. The quantitative estimate of drug-likeness (QED) is 0.630. The molecule has 0 heterocycles. The van der Waals surface area contributed by atoms with Gasteiger partial charge >= 0.3 is 0 Å². The molecule has 4 nitrogen and oxygen atoms in total. The zero-order valence-corrected chi connectivity index (χ0v) is 10.2. The second kappa shape index (κ2) is 7.40. The minimum Gasteiger partial charge on any atom is -0.396 e. The summed E-state index contributed by atoms with van der Waals surface area (Å²) >= 11 is 0. The van der Waals surface area contributed by atoms with Crippen LogP contribution in [0.1, 0.15) is 5.56 Å². The van der Waals surface area contributed by atoms with Gasteiger partial charge < -0.3 is 20.2 Å². The average Bonchev–Trinajstić information content (AvgIpc) is 2.36. The second-order valence-corrected chi connectivity index (χ2v) is 4.37. The fraction of sp³-hybridized carbons (Fsp3) is 0.538. The molecule has 0 spiro atoms. The molecule has 1 aromatic rings. The molecule has 96 valence electrons. The lowest BCUT2D eigenvalue weighted by Crippen LogP contribution is -2.36. The number of nitrogens with zero attached hydrogens (tertiary/aromatic N) is 1. The van der Waals surface area contributed by atoms with Crippen LogP contribution < -0.4 is 0 Å². The maximum atomic E-state index is 9.50. The van der Waals surface area contributed by atoms with Crippen molar-refractivity contribution < 1.29 is 15.3 Å². The predicted molar refractivity (Wildman–Crippen MR) is 66.4 cm³/mol. The van der Waals surface area contributed by atoms with Crippen molar-refractivity contribution in [2.24, 2.45) is 5.92 Å². The first-order chi connectivity index (χ1) is 8.17. The zero-order chi connectivity index (χ0) is 12.7. The first-order valence-electron chi connectivity index (χ1n) is 5.79. The maximum absolute atomic E-state index is 9.50. The normalized spacial score (nSPS) is 14.9. The first kappa shape index (κ1) is 14.1. The van der Waals surface area contributed by atoms with Gasteiger partial charge in [-0.1, -0.05) is 30.3 Å². The fourth-order valence-electron chi connectivity index (χ4n) is 1.81. The SMILES string of the molecule is CN(Cc1ccccc1)C[C@H](CO)[C@H](O)CO. The molecule has 2 atom stereocenters. The summed E-state index contributed by atoms with van der Waals surface area (Å²) in [6, 6.07) is 10.00. The molecular formula is C13H21NO3. The van der Waals surface area contributed by atoms with Crippen molar-refractivity contribution in [3.05, 3.63) is 35.9 Å². The van der Waals surface area contributed by atoms with Crippen molar-refractivity contribution in [3.63, 3.8) is 0 Å². The molecule has 1 rings (SSSR count). The minimum absolute atomic E-state index is 0.124. The number of benzene rings is 1. The Balaban J connectivity index is 2.45. The highest BCUT2D eigenvalue weighted by Crippen LogP contribution is 2.08. The molecule has 0 aliphatic carbocycles. The molecular weight excluding hydrogens is 218 g/mol. The molecule has 3 N–H and O–H groups in total. The second-order valence-electron chi connectivity index (χ2n) is 4.37. The van der Waals surface area contributed by atoms with E-state index in [9.17, 15) is 5.11 Å². The fourth-order valence-corrected chi connectivity index (χ4v) is 1.81. The Morgan fingerprint density at radius 3 is 2.29 bits per heavy atom. The van der Waals surface area contributed by atoms with E-state index in [0.717, 1.165) is 6.54 Å². The lowest BCUT2D eigenvalue weighted by Gasteiger charge is -2.25. The summed E-state index contributed by atoms with van der Waals surface area (Å²) in [6.45, 7) is 0.869. The van der Waals surface area contributed by atoms with Crippen molar-refractivity contribution in [3.8, 4) is 0 Å². The van der Waals surface area contributed by atoms with E-state index in [4.69, 9.17) is 10.2 Å². The van der Waals surface area contributed by atoms with E-state index in [2.05, 4.69) is 0 Å². The summed E-state index contributed by atoms with van der Waals surface area (Å²) in [7, 11) is 1.93. The van der Waals surface area contributed by atoms with Crippen LogP contribution in [-0.2, 0) is 6.54 Å². The van der Waals surface area contributed by atoms with E-state index in [1.807, 2.05) is 42.3 Å². The molecule has 0 aliphatic rings. The van der Waals surface area contributed by atoms with Crippen LogP contribution in [0.3, 0.4) is 0 Å². The molecule has 0 saturated carbocycles. The van der Waals surface area contributed by atoms with Gasteiger partial charge in [0, 0.05) is 25.6 Å². The molecule has 1 aromatic carbocycles. The number of hydrogen-bond donors (Lipinski definition) is 3. The van der Waals surface area contributed by atoms with Gasteiger partial charge in [0.1, 0.15) is 0 Å². The zero-order valence-electron chi connectivity index (χ0n) is 10.2. The van der Waals surface area contributed by atoms with E-state index in [1.54, 1.807) is 0 Å². The van der Waals surface area contributed by atoms with E-state index in [-0.39, 0.29) is 19.1 Å². The molecule has 0 radical (unpaired) electrons. The van der Waals surface area contributed by atoms with E-state index in [1.165, 1.54) is 5.56 Å². The van der Waals surface area contributed by atoms with Gasteiger partial charge in [0.05, 0.1) is 12.7 Å². The van der Waals surface area contributed by atoms with Crippen molar-refractivity contribution in [2.45, 2.75) is 12.6 Å². The van der Waals surface area contributed by atoms with Gasteiger partial charge in [-0.3, -0.25) is 0 Å². The minimum atomic E-state index is -0.863. The topological polar surface area (TPSA) is 63.9 Å². The summed E-state index contributed by atoms with van der Waals surface area (Å²) in [5, 5.41) is 27.5. The Kier molecular flexibility index (Phi) is 6.15. The van der Waals surface area contributed by atoms with Crippen LogP contribution in [0.15, 0.2) is 30.3 Å². The van der Waals surface area contributed by atoms with E-state index >= 15 is 0 Å². The Labute approximate surface area is 102 Å². The van der Waals surface area contributed by atoms with Gasteiger partial charge in [0.2, 0.25) is 0 Å². The van der Waals surface area contributed by atoms with Gasteiger partial charge in [-0.25, -0.2) is 0 Å². The van der Waals surface area contributed by atoms with Gasteiger partial charge in [-0.2, -0.15) is 0 Å². The van der Waals surface area contributed by atoms with Crippen LogP contribution in [-0.4, -0.2) is 53.1 Å². The highest BCUT2D eigenvalue weighted by atomic mass is 16.3. The van der Waals surface area contributed by atoms with Crippen molar-refractivity contribution in [2.75, 3.05) is 26.8 Å². The number of aliphatic hydroxyl groups excluding tert-OH is 3. The summed E-state index contributed by atoms with van der Waals surface area (Å²) in [5.74, 6) is -0.311. The van der Waals surface area contributed by atoms with E-state index in [0.29, 0.717) is 6.54 Å². The lowest BCUT2D eigenvalue weighted by molar-refractivity contribution is 0.00917. The van der Waals surface area contributed by atoms with Gasteiger partial charge in [-0.15, -0.1) is 0 Å². The third kappa shape index (κ3) is 4.83. The molecule has 0 saturated heterocycles. The molecule has 0 fully saturated rings. The van der Waals surface area contributed by atoms with Crippen LogP contribution in [0.2, 0.25) is 0 Å². The summed E-state index contributed by atoms with van der Waals surface area (Å²) in [4.78, 5) is 2.02. The molecule has 0 bridgehead atoms. The van der Waals surface area contributed by atoms with Crippen molar-refractivity contribution >= 4 is 0 Å². The summed E-state index contributed by atoms with van der Waals surface area (Å²) in [6.07, 6.45) is -0.863. The maximum Gasteiger partial charge on any atom is 0.0833 e. The molecule has 17 heavy (non-hydrogen) atoms. The average molecular weight is 239 g/mol. The Morgan fingerprint density at radius 2 is 1.76 bits per heavy atom. The van der Waals surface area contributed by atoms with Crippen LogP contribution in [0.5, 0.6) is 0 Å². The first-order valence-corrected chi connectivity index (χ1v) is 5.79. The largest absolute Gasteiger partial charge is 0.396 e. The van der Waals surface area contributed by atoms with Crippen molar-refractivity contribution in [1.82, 2.24) is 4.90 Å². The molecule has 0 aliphatic heterocycles. The Bertz CT molecular complexity index is 305. The monoisotopic (exact) mass is 239 g/mol. The van der Waals surface area contributed by atoms with Gasteiger partial charge in [-0.05, 0) is 12.6 Å². The Morgan fingerprint density at radius 1 is 1.12 bits per heavy atom. The molecule has 0 amide bonds. The predicted octanol–water partition coefficient (Wildman–Crippen LogP) is 0.0801. The third-order valence-corrected chi connectivity index (χ3v) is 2.81. The third-order valence-electron chi connectivity index (χ3n) is 2.81. The number of aliphatic hydroxyl groups is 3. The lowest BCUT2D eigenvalue weighted by atomic mass is 10.0. The highest BCUT2D eigenvalue weighted by molar-refractivity contribution is 5.14. The van der Waals surface area contributed by atoms with Crippen LogP contribution in [0.25, 0.3) is 0 Å². The summed E-state index contributed by atoms with van der Waals surface area (Å²) < 4.78 is 0. The van der Waals surface area contributed by atoms with Crippen LogP contribution in [0, 0.1) is 5.92 Å². The van der Waals surface area contributed by atoms with Crippen LogP contribution in [0.4, 0.5) is 0 Å². The highest BCUT2D eigenvalue weighted by Gasteiger charge is 2.19. The van der Waals surface area contributed by atoms with Crippen LogP contribution >= 0.6 is 0 Å². The van der Waals surface area contributed by atoms with E-state index < -0.39 is 6.10 Å². The number of rotatable bonds is 7. The van der Waals surface area contributed by atoms with Gasteiger partial charge in [0.15, 0.2) is 0 Å². The van der Waals surface area contributed by atoms with Crippen molar-refractivity contribution in [1.29, 1.82) is 0 Å². The summed E-state index contributed by atoms with van der Waals surface area (Å²) in [5.41, 5.74) is 1.19. The van der Waals surface area contributed by atoms with Gasteiger partial charge in [0.25, 0.3) is 0 Å². The molecule has 0 aromatic heterocycles. The standard InChI is InChI=1S/C13H21NO3/c1-14(7-11-5-3-2-4-6-11)8-12(9-15)13(17)10-16/h2-6,12-13,15-17H,7-10H2,1H3/t12-,13-/m1/s1. The molecule has 4 heteroatoms. The smallest absolute Gasteiger partial charge is 0.0833 e. The molecule has 0 unspecified atom stereocenters.